The van der Waals surface area contributed by atoms with E-state index in [1.165, 1.54) is 11.0 Å². The van der Waals surface area contributed by atoms with E-state index in [9.17, 15) is 19.1 Å². The van der Waals surface area contributed by atoms with Gasteiger partial charge in [0.25, 0.3) is 0 Å². The van der Waals surface area contributed by atoms with Gasteiger partial charge in [-0.3, -0.25) is 9.59 Å². The van der Waals surface area contributed by atoms with Gasteiger partial charge in [0.2, 0.25) is 5.91 Å². The summed E-state index contributed by atoms with van der Waals surface area (Å²) in [5.41, 5.74) is 2.99. The molecule has 0 fully saturated rings. The predicted molar refractivity (Wildman–Crippen MR) is 132 cm³/mol. The highest BCUT2D eigenvalue weighted by molar-refractivity contribution is 5.83. The molecular weight excluding hydrogens is 445 g/mol. The molecule has 0 radical (unpaired) electrons. The van der Waals surface area contributed by atoms with Crippen molar-refractivity contribution in [3.8, 4) is 5.75 Å². The molecule has 3 aromatic rings. The van der Waals surface area contributed by atoms with Crippen LogP contribution in [0, 0.1) is 5.82 Å². The number of carbonyl (C=O) groups excluding carboxylic acids is 1. The van der Waals surface area contributed by atoms with E-state index in [0.29, 0.717) is 31.4 Å². The topological polar surface area (TPSA) is 66.8 Å². The molecule has 5 nitrogen and oxygen atoms in total. The fourth-order valence-corrected chi connectivity index (χ4v) is 4.69. The normalized spacial score (nSPS) is 16.4. The highest BCUT2D eigenvalue weighted by Gasteiger charge is 2.35. The molecule has 1 aliphatic heterocycles. The van der Waals surface area contributed by atoms with Gasteiger partial charge >= 0.3 is 5.97 Å². The Labute approximate surface area is 205 Å². The number of ether oxygens (including phenoxy) is 1. The first kappa shape index (κ1) is 24.5. The van der Waals surface area contributed by atoms with Gasteiger partial charge in [-0.1, -0.05) is 60.7 Å². The lowest BCUT2D eigenvalue weighted by Gasteiger charge is -2.24. The van der Waals surface area contributed by atoms with Gasteiger partial charge in [0.15, 0.2) is 0 Å². The quantitative estimate of drug-likeness (QED) is 0.455. The number of rotatable bonds is 10. The Kier molecular flexibility index (Phi) is 7.49. The zero-order valence-corrected chi connectivity index (χ0v) is 19.9. The van der Waals surface area contributed by atoms with E-state index in [1.54, 1.807) is 12.1 Å². The van der Waals surface area contributed by atoms with Gasteiger partial charge in [0.05, 0.1) is 6.42 Å². The molecule has 1 heterocycles. The molecule has 4 rings (SSSR count). The van der Waals surface area contributed by atoms with Crippen LogP contribution in [-0.2, 0) is 35.3 Å². The molecule has 1 N–H and O–H groups in total. The summed E-state index contributed by atoms with van der Waals surface area (Å²) < 4.78 is 20.3. The Morgan fingerprint density at radius 1 is 1.03 bits per heavy atom. The number of aliphatic carboxylic acids is 1. The second-order valence-electron chi connectivity index (χ2n) is 9.41. The summed E-state index contributed by atoms with van der Waals surface area (Å²) in [4.78, 5) is 25.8. The molecule has 0 aromatic heterocycles. The van der Waals surface area contributed by atoms with Gasteiger partial charge in [-0.2, -0.15) is 0 Å². The second kappa shape index (κ2) is 10.7. The van der Waals surface area contributed by atoms with Crippen LogP contribution in [0.4, 0.5) is 4.39 Å². The van der Waals surface area contributed by atoms with Crippen LogP contribution in [0.2, 0.25) is 0 Å². The molecule has 1 atom stereocenters. The summed E-state index contributed by atoms with van der Waals surface area (Å²) in [5, 5.41) is 9.30. The number of hydrogen-bond donors (Lipinski definition) is 1. The molecule has 0 saturated heterocycles. The van der Waals surface area contributed by atoms with Crippen molar-refractivity contribution in [3.05, 3.63) is 101 Å². The number of amides is 1. The van der Waals surface area contributed by atoms with Crippen molar-refractivity contribution in [2.75, 3.05) is 13.1 Å². The zero-order valence-electron chi connectivity index (χ0n) is 19.9. The van der Waals surface area contributed by atoms with Crippen LogP contribution >= 0.6 is 0 Å². The first-order valence-corrected chi connectivity index (χ1v) is 11.9. The van der Waals surface area contributed by atoms with Crippen LogP contribution in [-0.4, -0.2) is 40.6 Å². The average Bonchev–Trinajstić information content (AvgIpc) is 3.15. The molecule has 6 heteroatoms. The summed E-state index contributed by atoms with van der Waals surface area (Å²) in [6.45, 7) is 2.03. The highest BCUT2D eigenvalue weighted by atomic mass is 19.1. The molecule has 1 amide bonds. The zero-order chi connectivity index (χ0) is 24.8. The first-order valence-electron chi connectivity index (χ1n) is 11.9. The summed E-state index contributed by atoms with van der Waals surface area (Å²) >= 11 is 0. The van der Waals surface area contributed by atoms with Crippen molar-refractivity contribution in [1.29, 1.82) is 0 Å². The molecule has 1 unspecified atom stereocenters. The van der Waals surface area contributed by atoms with Gasteiger partial charge in [-0.15, -0.1) is 0 Å². The monoisotopic (exact) mass is 475 g/mol. The van der Waals surface area contributed by atoms with Crippen LogP contribution in [0.25, 0.3) is 0 Å². The van der Waals surface area contributed by atoms with Crippen molar-refractivity contribution in [1.82, 2.24) is 4.90 Å². The largest absolute Gasteiger partial charge is 0.487 e. The molecule has 0 aliphatic carbocycles. The number of aryl methyl sites for hydroxylation is 1. The van der Waals surface area contributed by atoms with E-state index in [-0.39, 0.29) is 24.7 Å². The van der Waals surface area contributed by atoms with Gasteiger partial charge in [-0.05, 0) is 54.2 Å². The van der Waals surface area contributed by atoms with E-state index < -0.39 is 11.6 Å². The SMILES string of the molecule is CC1(Cc2ccccc2F)Cc2cc(CC(=O)N(CCCc3ccccc3)CC(=O)O)ccc2O1. The highest BCUT2D eigenvalue weighted by Crippen LogP contribution is 2.38. The van der Waals surface area contributed by atoms with Crippen LogP contribution in [0.5, 0.6) is 5.75 Å². The molecule has 0 bridgehead atoms. The molecule has 0 spiro atoms. The van der Waals surface area contributed by atoms with Crippen LogP contribution in [0.15, 0.2) is 72.8 Å². The summed E-state index contributed by atoms with van der Waals surface area (Å²) in [6, 6.07) is 22.3. The summed E-state index contributed by atoms with van der Waals surface area (Å²) in [5.74, 6) is -0.742. The van der Waals surface area contributed by atoms with E-state index >= 15 is 0 Å². The molecular formula is C29H30FNO4. The third kappa shape index (κ3) is 6.47. The Morgan fingerprint density at radius 2 is 1.77 bits per heavy atom. The Morgan fingerprint density at radius 3 is 2.51 bits per heavy atom. The maximum absolute atomic E-state index is 14.2. The van der Waals surface area contributed by atoms with Gasteiger partial charge in [-0.25, -0.2) is 4.39 Å². The number of halogens is 1. The standard InChI is InChI=1S/C29H30FNO4/c1-29(18-23-11-5-6-12-25(23)30)19-24-16-22(13-14-26(24)35-29)17-27(32)31(20-28(33)34)15-7-10-21-8-3-2-4-9-21/h2-6,8-9,11-14,16H,7,10,15,17-20H2,1H3,(H,33,34). The van der Waals surface area contributed by atoms with Gasteiger partial charge < -0.3 is 14.7 Å². The van der Waals surface area contributed by atoms with E-state index in [1.807, 2.05) is 61.5 Å². The lowest BCUT2D eigenvalue weighted by Crippen LogP contribution is -2.37. The average molecular weight is 476 g/mol. The lowest BCUT2D eigenvalue weighted by atomic mass is 9.91. The Balaban J connectivity index is 1.39. The minimum Gasteiger partial charge on any atom is -0.487 e. The van der Waals surface area contributed by atoms with E-state index in [4.69, 9.17) is 4.74 Å². The van der Waals surface area contributed by atoms with Gasteiger partial charge in [0, 0.05) is 19.4 Å². The van der Waals surface area contributed by atoms with Crippen LogP contribution in [0.3, 0.4) is 0 Å². The van der Waals surface area contributed by atoms with Crippen molar-refractivity contribution < 1.29 is 23.8 Å². The van der Waals surface area contributed by atoms with Crippen LogP contribution < -0.4 is 4.74 Å². The van der Waals surface area contributed by atoms with E-state index in [2.05, 4.69) is 0 Å². The van der Waals surface area contributed by atoms with Crippen molar-refractivity contribution >= 4 is 11.9 Å². The number of fused-ring (bicyclic) bond motifs is 1. The maximum atomic E-state index is 14.2. The second-order valence-corrected chi connectivity index (χ2v) is 9.41. The third-order valence-corrected chi connectivity index (χ3v) is 6.34. The number of carboxylic acid groups (broad SMARTS) is 1. The van der Waals surface area contributed by atoms with Crippen molar-refractivity contribution in [3.63, 3.8) is 0 Å². The first-order chi connectivity index (χ1) is 16.8. The molecule has 3 aromatic carbocycles. The van der Waals surface area contributed by atoms with Crippen LogP contribution in [0.1, 0.15) is 35.6 Å². The Bertz CT molecular complexity index is 1200. The summed E-state index contributed by atoms with van der Waals surface area (Å²) in [6.07, 6.45) is 2.64. The number of benzene rings is 3. The molecule has 182 valence electrons. The fourth-order valence-electron chi connectivity index (χ4n) is 4.69. The third-order valence-electron chi connectivity index (χ3n) is 6.34. The summed E-state index contributed by atoms with van der Waals surface area (Å²) in [7, 11) is 0. The van der Waals surface area contributed by atoms with Crippen molar-refractivity contribution in [2.24, 2.45) is 0 Å². The number of carbonyl (C=O) groups is 2. The smallest absolute Gasteiger partial charge is 0.323 e. The predicted octanol–water partition coefficient (Wildman–Crippen LogP) is 4.85. The lowest BCUT2D eigenvalue weighted by molar-refractivity contribution is -0.144. The number of nitrogens with zero attached hydrogens (tertiary/aromatic N) is 1. The Hall–Kier alpha value is -3.67. The molecule has 35 heavy (non-hydrogen) atoms. The number of carboxylic acids is 1. The minimum absolute atomic E-state index is 0.121. The maximum Gasteiger partial charge on any atom is 0.323 e. The van der Waals surface area contributed by atoms with Gasteiger partial charge in [0.1, 0.15) is 23.7 Å². The minimum atomic E-state index is -1.02. The molecule has 1 aliphatic rings. The molecule has 0 saturated carbocycles. The van der Waals surface area contributed by atoms with Crippen molar-refractivity contribution in [2.45, 2.75) is 44.6 Å². The fraction of sp³-hybridized carbons (Fsp3) is 0.310. The van der Waals surface area contributed by atoms with E-state index in [0.717, 1.165) is 28.9 Å². The number of hydrogen-bond acceptors (Lipinski definition) is 3.